The predicted octanol–water partition coefficient (Wildman–Crippen LogP) is 4.49. The summed E-state index contributed by atoms with van der Waals surface area (Å²) < 4.78 is 5.32. The zero-order valence-corrected chi connectivity index (χ0v) is 15.0. The molecule has 23 heavy (non-hydrogen) atoms. The van der Waals surface area contributed by atoms with Gasteiger partial charge in [-0.2, -0.15) is 0 Å². The summed E-state index contributed by atoms with van der Waals surface area (Å²) in [4.78, 5) is 20.3. The molecule has 0 bridgehead atoms. The summed E-state index contributed by atoms with van der Waals surface area (Å²) in [6.45, 7) is 11.7. The van der Waals surface area contributed by atoms with Gasteiger partial charge in [-0.05, 0) is 25.8 Å². The van der Waals surface area contributed by atoms with Gasteiger partial charge in [-0.15, -0.1) is 11.3 Å². The molecule has 0 unspecified atom stereocenters. The number of nitrogens with one attached hydrogen (secondary N) is 1. The lowest BCUT2D eigenvalue weighted by atomic mass is 10.1. The van der Waals surface area contributed by atoms with Crippen molar-refractivity contribution in [1.82, 2.24) is 9.97 Å². The van der Waals surface area contributed by atoms with E-state index >= 15 is 0 Å². The van der Waals surface area contributed by atoms with Crippen molar-refractivity contribution in [2.24, 2.45) is 0 Å². The molecule has 2 aromatic heterocycles. The molecule has 4 nitrogen and oxygen atoms in total. The largest absolute Gasteiger partial charge is 0.496 e. The third-order valence-electron chi connectivity index (χ3n) is 3.77. The minimum absolute atomic E-state index is 0.0195. The molecule has 5 heteroatoms. The van der Waals surface area contributed by atoms with Crippen molar-refractivity contribution >= 4 is 16.9 Å². The average molecular weight is 330 g/mol. The Bertz CT molecular complexity index is 813. The van der Waals surface area contributed by atoms with E-state index in [9.17, 15) is 4.79 Å². The van der Waals surface area contributed by atoms with Crippen LogP contribution in [0.2, 0.25) is 0 Å². The Balaban J connectivity index is 2.62. The lowest BCUT2D eigenvalue weighted by Gasteiger charge is -2.11. The van der Waals surface area contributed by atoms with Crippen molar-refractivity contribution < 1.29 is 4.74 Å². The highest BCUT2D eigenvalue weighted by Gasteiger charge is 2.14. The lowest BCUT2D eigenvalue weighted by Crippen LogP contribution is -2.11. The van der Waals surface area contributed by atoms with Crippen molar-refractivity contribution in [2.45, 2.75) is 33.6 Å². The maximum Gasteiger partial charge on any atom is 0.185 e. The fourth-order valence-corrected chi connectivity index (χ4v) is 3.26. The quantitative estimate of drug-likeness (QED) is 0.649. The normalized spacial score (nSPS) is 12.3. The van der Waals surface area contributed by atoms with Gasteiger partial charge in [0.05, 0.1) is 24.2 Å². The Kier molecular flexibility index (Phi) is 5.21. The molecule has 2 rings (SSSR count). The summed E-state index contributed by atoms with van der Waals surface area (Å²) in [6.07, 6.45) is 1.64. The molecule has 0 saturated heterocycles. The Hall–Kier alpha value is -2.14. The summed E-state index contributed by atoms with van der Waals surface area (Å²) in [5, 5.41) is 2.85. The van der Waals surface area contributed by atoms with E-state index in [1.165, 1.54) is 11.3 Å². The number of ether oxygens (including phenoxy) is 1. The highest BCUT2D eigenvalue weighted by Crippen LogP contribution is 2.27. The Morgan fingerprint density at radius 2 is 2.17 bits per heavy atom. The highest BCUT2D eigenvalue weighted by molar-refractivity contribution is 7.13. The van der Waals surface area contributed by atoms with Gasteiger partial charge in [0.2, 0.25) is 0 Å². The van der Waals surface area contributed by atoms with E-state index in [0.717, 1.165) is 27.7 Å². The van der Waals surface area contributed by atoms with Crippen molar-refractivity contribution in [3.8, 4) is 10.7 Å². The minimum atomic E-state index is -0.0195. The molecule has 2 aromatic rings. The summed E-state index contributed by atoms with van der Waals surface area (Å²) >= 11 is 1.54. The highest BCUT2D eigenvalue weighted by atomic mass is 32.1. The molecule has 122 valence electrons. The first-order valence-corrected chi connectivity index (χ1v) is 8.34. The number of aromatic nitrogens is 2. The van der Waals surface area contributed by atoms with Gasteiger partial charge in [-0.1, -0.05) is 20.4 Å². The number of hydrogen-bond acceptors (Lipinski definition) is 4. The minimum Gasteiger partial charge on any atom is -0.496 e. The predicted molar refractivity (Wildman–Crippen MR) is 96.8 cm³/mol. The van der Waals surface area contributed by atoms with Crippen LogP contribution < -0.4 is 5.43 Å². The first-order chi connectivity index (χ1) is 10.9. The molecule has 0 aromatic carbocycles. The number of thiazole rings is 1. The van der Waals surface area contributed by atoms with Gasteiger partial charge in [0, 0.05) is 22.6 Å². The molecule has 0 fully saturated rings. The number of H-pyrrole nitrogens is 1. The van der Waals surface area contributed by atoms with Crippen LogP contribution in [0, 0.1) is 6.92 Å². The summed E-state index contributed by atoms with van der Waals surface area (Å²) in [5.74, 6) is 1.00. The number of nitrogens with zero attached hydrogens (tertiary/aromatic N) is 1. The van der Waals surface area contributed by atoms with Crippen LogP contribution >= 0.6 is 11.3 Å². The fraction of sp³-hybridized carbons (Fsp3) is 0.333. The monoisotopic (exact) mass is 330 g/mol. The number of aromatic amines is 1. The zero-order valence-electron chi connectivity index (χ0n) is 14.2. The Morgan fingerprint density at radius 3 is 2.70 bits per heavy atom. The number of pyridine rings is 1. The molecular weight excluding hydrogens is 308 g/mol. The fourth-order valence-electron chi connectivity index (χ4n) is 2.31. The summed E-state index contributed by atoms with van der Waals surface area (Å²) in [7, 11) is 1.59. The maximum absolute atomic E-state index is 12.3. The lowest BCUT2D eigenvalue weighted by molar-refractivity contribution is 0.308. The van der Waals surface area contributed by atoms with Gasteiger partial charge < -0.3 is 9.72 Å². The van der Waals surface area contributed by atoms with Gasteiger partial charge in [0.25, 0.3) is 0 Å². The number of hydrogen-bond donors (Lipinski definition) is 1. The first-order valence-electron chi connectivity index (χ1n) is 7.46. The first kappa shape index (κ1) is 17.2. The van der Waals surface area contributed by atoms with Crippen LogP contribution in [-0.2, 0) is 4.74 Å². The molecule has 0 spiro atoms. The second-order valence-corrected chi connectivity index (χ2v) is 6.54. The third kappa shape index (κ3) is 3.45. The molecule has 0 saturated carbocycles. The van der Waals surface area contributed by atoms with Crippen LogP contribution in [-0.4, -0.2) is 17.1 Å². The van der Waals surface area contributed by atoms with Crippen molar-refractivity contribution in [1.29, 1.82) is 0 Å². The van der Waals surface area contributed by atoms with Crippen LogP contribution in [0.4, 0.5) is 0 Å². The van der Waals surface area contributed by atoms with E-state index < -0.39 is 0 Å². The zero-order chi connectivity index (χ0) is 17.1. The molecule has 0 aliphatic rings. The Morgan fingerprint density at radius 1 is 1.48 bits per heavy atom. The van der Waals surface area contributed by atoms with E-state index in [2.05, 4.69) is 30.4 Å². The second kappa shape index (κ2) is 6.96. The van der Waals surface area contributed by atoms with Crippen molar-refractivity contribution in [3.63, 3.8) is 0 Å². The SMILES string of the molecule is C=C/C(OC)=C(/C)c1[nH]c(-c2nc(C(C)C)cs2)cc(=O)c1C. The van der Waals surface area contributed by atoms with Crippen molar-refractivity contribution in [3.05, 3.63) is 57.0 Å². The molecule has 2 heterocycles. The van der Waals surface area contributed by atoms with Gasteiger partial charge in [0.1, 0.15) is 10.8 Å². The van der Waals surface area contributed by atoms with Crippen LogP contribution in [0.1, 0.15) is 43.6 Å². The van der Waals surface area contributed by atoms with E-state index in [1.807, 2.05) is 12.3 Å². The second-order valence-electron chi connectivity index (χ2n) is 5.68. The summed E-state index contributed by atoms with van der Waals surface area (Å²) in [6, 6.07) is 1.61. The standard InChI is InChI=1S/C18H22N2O2S/c1-7-16(22-6)12(5)17-11(4)15(21)8-13(19-17)18-20-14(9-23-18)10(2)3/h7-10H,1H2,2-6H3,(H,19,21)/b16-12+. The molecule has 0 aliphatic carbocycles. The number of rotatable bonds is 5. The number of allylic oxidation sites excluding steroid dienone is 2. The molecule has 0 aliphatic heterocycles. The van der Waals surface area contributed by atoms with Crippen molar-refractivity contribution in [2.75, 3.05) is 7.11 Å². The Labute approximate surface area is 140 Å². The topological polar surface area (TPSA) is 55.0 Å². The molecule has 0 radical (unpaired) electrons. The van der Waals surface area contributed by atoms with E-state index in [4.69, 9.17) is 4.74 Å². The van der Waals surface area contributed by atoms with Crippen LogP contribution in [0.5, 0.6) is 0 Å². The van der Waals surface area contributed by atoms with E-state index in [1.54, 1.807) is 26.2 Å². The van der Waals surface area contributed by atoms with Crippen LogP contribution in [0.3, 0.4) is 0 Å². The van der Waals surface area contributed by atoms with E-state index in [-0.39, 0.29) is 5.43 Å². The van der Waals surface area contributed by atoms with Gasteiger partial charge >= 0.3 is 0 Å². The molecular formula is C18H22N2O2S. The summed E-state index contributed by atoms with van der Waals surface area (Å²) in [5.41, 5.74) is 4.00. The third-order valence-corrected chi connectivity index (χ3v) is 4.67. The van der Waals surface area contributed by atoms with Gasteiger partial charge in [-0.25, -0.2) is 4.98 Å². The maximum atomic E-state index is 12.3. The van der Waals surface area contributed by atoms with Gasteiger partial charge in [0.15, 0.2) is 5.43 Å². The molecule has 1 N–H and O–H groups in total. The van der Waals surface area contributed by atoms with Crippen LogP contribution in [0.15, 0.2) is 34.7 Å². The van der Waals surface area contributed by atoms with Gasteiger partial charge in [-0.3, -0.25) is 4.79 Å². The smallest absolute Gasteiger partial charge is 0.185 e. The molecule has 0 amide bonds. The molecule has 0 atom stereocenters. The van der Waals surface area contributed by atoms with Crippen LogP contribution in [0.25, 0.3) is 16.3 Å². The number of methoxy groups -OCH3 is 1. The van der Waals surface area contributed by atoms with E-state index in [0.29, 0.717) is 17.2 Å². The average Bonchev–Trinajstić information content (AvgIpc) is 3.01.